The lowest BCUT2D eigenvalue weighted by Gasteiger charge is -2.45. The van der Waals surface area contributed by atoms with E-state index in [4.69, 9.17) is 0 Å². The van der Waals surface area contributed by atoms with Gasteiger partial charge in [-0.2, -0.15) is 0 Å². The van der Waals surface area contributed by atoms with E-state index in [0.717, 1.165) is 44.3 Å². The summed E-state index contributed by atoms with van der Waals surface area (Å²) >= 11 is 0. The standard InChI is InChI=1S/C23H36N4O/c1-17-6-4-5-7-19(17)16-24-23(28)18(2)26-10-12-27(13-11-26)22-14-20-8-9-21(15-22)25(20)3/h4-7,18,20-22H,8-16H2,1-3H3,(H,24,28). The molecule has 3 atom stereocenters. The van der Waals surface area contributed by atoms with Gasteiger partial charge in [0.15, 0.2) is 0 Å². The Bertz CT molecular complexity index is 671. The van der Waals surface area contributed by atoms with Gasteiger partial charge in [0, 0.05) is 50.8 Å². The largest absolute Gasteiger partial charge is 0.351 e. The number of fused-ring (bicyclic) bond motifs is 2. The van der Waals surface area contributed by atoms with Gasteiger partial charge in [0.1, 0.15) is 0 Å². The lowest BCUT2D eigenvalue weighted by atomic mass is 9.96. The van der Waals surface area contributed by atoms with Gasteiger partial charge in [-0.15, -0.1) is 0 Å². The van der Waals surface area contributed by atoms with Crippen LogP contribution >= 0.6 is 0 Å². The summed E-state index contributed by atoms with van der Waals surface area (Å²) in [6, 6.07) is 10.6. The number of carbonyl (C=O) groups excluding carboxylic acids is 1. The summed E-state index contributed by atoms with van der Waals surface area (Å²) in [7, 11) is 2.31. The van der Waals surface area contributed by atoms with Gasteiger partial charge in [0.2, 0.25) is 5.91 Å². The number of benzene rings is 1. The molecule has 3 aliphatic heterocycles. The van der Waals surface area contributed by atoms with Crippen LogP contribution < -0.4 is 5.32 Å². The number of nitrogens with one attached hydrogen (secondary N) is 1. The predicted molar refractivity (Wildman–Crippen MR) is 113 cm³/mol. The minimum absolute atomic E-state index is 0.0557. The number of hydrogen-bond donors (Lipinski definition) is 1. The first kappa shape index (κ1) is 19.9. The van der Waals surface area contributed by atoms with Crippen molar-refractivity contribution in [3.63, 3.8) is 0 Å². The zero-order chi connectivity index (χ0) is 19.7. The summed E-state index contributed by atoms with van der Waals surface area (Å²) in [6.07, 6.45) is 5.43. The molecule has 5 nitrogen and oxygen atoms in total. The maximum atomic E-state index is 12.7. The van der Waals surface area contributed by atoms with Crippen molar-refractivity contribution >= 4 is 5.91 Å². The van der Waals surface area contributed by atoms with E-state index in [0.29, 0.717) is 6.54 Å². The van der Waals surface area contributed by atoms with Crippen LogP contribution in [0.1, 0.15) is 43.7 Å². The molecule has 0 aliphatic carbocycles. The average molecular weight is 385 g/mol. The summed E-state index contributed by atoms with van der Waals surface area (Å²) in [5, 5.41) is 3.14. The van der Waals surface area contributed by atoms with E-state index in [9.17, 15) is 4.79 Å². The highest BCUT2D eigenvalue weighted by Gasteiger charge is 2.41. The second-order valence-electron chi connectivity index (χ2n) is 9.07. The summed E-state index contributed by atoms with van der Waals surface area (Å²) in [6.45, 7) is 8.97. The Morgan fingerprint density at radius 2 is 1.71 bits per heavy atom. The second-order valence-corrected chi connectivity index (χ2v) is 9.07. The van der Waals surface area contributed by atoms with E-state index in [1.165, 1.54) is 36.8 Å². The number of hydrogen-bond acceptors (Lipinski definition) is 4. The van der Waals surface area contributed by atoms with E-state index in [2.05, 4.69) is 53.0 Å². The van der Waals surface area contributed by atoms with Gasteiger partial charge in [-0.05, 0) is 57.7 Å². The summed E-state index contributed by atoms with van der Waals surface area (Å²) in [5.74, 6) is 0.147. The van der Waals surface area contributed by atoms with Crippen molar-refractivity contribution in [2.45, 2.75) is 70.2 Å². The van der Waals surface area contributed by atoms with Gasteiger partial charge in [0.25, 0.3) is 0 Å². The Morgan fingerprint density at radius 3 is 2.36 bits per heavy atom. The molecule has 3 aliphatic rings. The Morgan fingerprint density at radius 1 is 1.07 bits per heavy atom. The quantitative estimate of drug-likeness (QED) is 0.845. The number of amides is 1. The molecule has 1 N–H and O–H groups in total. The van der Waals surface area contributed by atoms with Crippen molar-refractivity contribution in [2.24, 2.45) is 0 Å². The number of rotatable bonds is 5. The highest BCUT2D eigenvalue weighted by atomic mass is 16.2. The first-order valence-corrected chi connectivity index (χ1v) is 11.0. The minimum atomic E-state index is -0.0557. The van der Waals surface area contributed by atoms with E-state index >= 15 is 0 Å². The van der Waals surface area contributed by atoms with Gasteiger partial charge in [-0.1, -0.05) is 24.3 Å². The normalized spacial score (nSPS) is 30.3. The third-order valence-electron chi connectivity index (χ3n) is 7.58. The maximum Gasteiger partial charge on any atom is 0.237 e. The van der Waals surface area contributed by atoms with Gasteiger partial charge in [0.05, 0.1) is 6.04 Å². The predicted octanol–water partition coefficient (Wildman–Crippen LogP) is 2.24. The van der Waals surface area contributed by atoms with Crippen LogP contribution in [0.2, 0.25) is 0 Å². The van der Waals surface area contributed by atoms with Crippen LogP contribution in [-0.2, 0) is 11.3 Å². The SMILES string of the molecule is Cc1ccccc1CNC(=O)C(C)N1CCN(C2CC3CCC(C2)N3C)CC1. The van der Waals surface area contributed by atoms with Gasteiger partial charge < -0.3 is 10.2 Å². The topological polar surface area (TPSA) is 38.8 Å². The first-order chi connectivity index (χ1) is 13.5. The molecule has 2 bridgehead atoms. The van der Waals surface area contributed by atoms with Crippen molar-refractivity contribution in [3.8, 4) is 0 Å². The lowest BCUT2D eigenvalue weighted by Crippen LogP contribution is -2.58. The Kier molecular flexibility index (Phi) is 6.04. The van der Waals surface area contributed by atoms with Crippen molar-refractivity contribution in [1.29, 1.82) is 0 Å². The third kappa shape index (κ3) is 4.12. The molecule has 0 spiro atoms. The molecule has 1 amide bonds. The summed E-state index contributed by atoms with van der Waals surface area (Å²) < 4.78 is 0. The van der Waals surface area contributed by atoms with E-state index in [-0.39, 0.29) is 11.9 Å². The van der Waals surface area contributed by atoms with Crippen molar-refractivity contribution in [3.05, 3.63) is 35.4 Å². The molecule has 1 aromatic carbocycles. The highest BCUT2D eigenvalue weighted by molar-refractivity contribution is 5.81. The monoisotopic (exact) mass is 384 g/mol. The van der Waals surface area contributed by atoms with Crippen molar-refractivity contribution < 1.29 is 4.79 Å². The zero-order valence-corrected chi connectivity index (χ0v) is 17.7. The maximum absolute atomic E-state index is 12.7. The highest BCUT2D eigenvalue weighted by Crippen LogP contribution is 2.36. The van der Waals surface area contributed by atoms with E-state index in [1.54, 1.807) is 0 Å². The lowest BCUT2D eigenvalue weighted by molar-refractivity contribution is -0.127. The minimum Gasteiger partial charge on any atom is -0.351 e. The van der Waals surface area contributed by atoms with Crippen molar-refractivity contribution in [1.82, 2.24) is 20.0 Å². The molecule has 0 saturated carbocycles. The number of nitrogens with zero attached hydrogens (tertiary/aromatic N) is 3. The summed E-state index contributed by atoms with van der Waals surface area (Å²) in [5.41, 5.74) is 2.43. The zero-order valence-electron chi connectivity index (χ0n) is 17.7. The van der Waals surface area contributed by atoms with E-state index in [1.807, 2.05) is 12.1 Å². The van der Waals surface area contributed by atoms with Gasteiger partial charge in [-0.25, -0.2) is 0 Å². The van der Waals surface area contributed by atoms with Crippen LogP contribution in [0, 0.1) is 6.92 Å². The van der Waals surface area contributed by atoms with Crippen LogP contribution in [-0.4, -0.2) is 78.0 Å². The molecule has 4 rings (SSSR count). The molecular formula is C23H36N4O. The molecule has 154 valence electrons. The van der Waals surface area contributed by atoms with E-state index < -0.39 is 0 Å². The molecule has 0 radical (unpaired) electrons. The number of piperidine rings is 1. The fourth-order valence-corrected chi connectivity index (χ4v) is 5.48. The first-order valence-electron chi connectivity index (χ1n) is 11.0. The van der Waals surface area contributed by atoms with Crippen LogP contribution in [0.15, 0.2) is 24.3 Å². The van der Waals surface area contributed by atoms with Crippen LogP contribution in [0.25, 0.3) is 0 Å². The molecule has 0 aromatic heterocycles. The average Bonchev–Trinajstić information content (AvgIpc) is 2.93. The van der Waals surface area contributed by atoms with Crippen molar-refractivity contribution in [2.75, 3.05) is 33.2 Å². The number of piperazine rings is 1. The third-order valence-corrected chi connectivity index (χ3v) is 7.58. The van der Waals surface area contributed by atoms with Crippen LogP contribution in [0.5, 0.6) is 0 Å². The fraction of sp³-hybridized carbons (Fsp3) is 0.696. The number of carbonyl (C=O) groups is 1. The number of aryl methyl sites for hydroxylation is 1. The Labute approximate surface area is 170 Å². The molecule has 3 heterocycles. The molecule has 1 aromatic rings. The molecule has 3 saturated heterocycles. The smallest absolute Gasteiger partial charge is 0.237 e. The van der Waals surface area contributed by atoms with Crippen LogP contribution in [0.3, 0.4) is 0 Å². The van der Waals surface area contributed by atoms with Gasteiger partial charge in [-0.3, -0.25) is 14.6 Å². The fourth-order valence-electron chi connectivity index (χ4n) is 5.48. The molecular weight excluding hydrogens is 348 g/mol. The summed E-state index contributed by atoms with van der Waals surface area (Å²) in [4.78, 5) is 20.3. The Hall–Kier alpha value is -1.43. The molecule has 3 fully saturated rings. The van der Waals surface area contributed by atoms with Crippen LogP contribution in [0.4, 0.5) is 0 Å². The second kappa shape index (κ2) is 8.52. The molecule has 3 unspecified atom stereocenters. The molecule has 5 heteroatoms. The molecule has 28 heavy (non-hydrogen) atoms. The Balaban J connectivity index is 1.24. The van der Waals surface area contributed by atoms with Gasteiger partial charge >= 0.3 is 0 Å².